The van der Waals surface area contributed by atoms with Crippen molar-refractivity contribution in [1.29, 1.82) is 0 Å². The van der Waals surface area contributed by atoms with Crippen molar-refractivity contribution >= 4 is 11.8 Å². The number of ether oxygens (including phenoxy) is 2. The Labute approximate surface area is 102 Å². The highest BCUT2D eigenvalue weighted by atomic mass is 32.2. The lowest BCUT2D eigenvalue weighted by atomic mass is 9.91. The van der Waals surface area contributed by atoms with Gasteiger partial charge in [0.1, 0.15) is 0 Å². The molecule has 2 aliphatic rings. The Morgan fingerprint density at radius 2 is 2.12 bits per heavy atom. The lowest BCUT2D eigenvalue weighted by molar-refractivity contribution is 0.0228. The molecule has 2 saturated heterocycles. The van der Waals surface area contributed by atoms with Gasteiger partial charge in [-0.3, -0.25) is 11.3 Å². The van der Waals surface area contributed by atoms with Crippen LogP contribution in [-0.2, 0) is 9.47 Å². The lowest BCUT2D eigenvalue weighted by Gasteiger charge is -2.33. The summed E-state index contributed by atoms with van der Waals surface area (Å²) in [5.41, 5.74) is 2.94. The van der Waals surface area contributed by atoms with E-state index in [0.717, 1.165) is 56.5 Å². The van der Waals surface area contributed by atoms with Gasteiger partial charge in [0, 0.05) is 30.8 Å². The molecule has 0 aromatic rings. The fourth-order valence-corrected chi connectivity index (χ4v) is 3.35. The van der Waals surface area contributed by atoms with Crippen molar-refractivity contribution in [2.45, 2.75) is 31.4 Å². The molecule has 0 aromatic heterocycles. The van der Waals surface area contributed by atoms with E-state index >= 15 is 0 Å². The molecule has 0 spiro atoms. The summed E-state index contributed by atoms with van der Waals surface area (Å²) in [7, 11) is 0. The zero-order chi connectivity index (χ0) is 11.2. The van der Waals surface area contributed by atoms with E-state index in [4.69, 9.17) is 15.3 Å². The molecule has 0 aromatic carbocycles. The number of rotatable bonds is 4. The molecular weight excluding hydrogens is 224 g/mol. The molecule has 0 bridgehead atoms. The molecule has 4 nitrogen and oxygen atoms in total. The first-order valence-corrected chi connectivity index (χ1v) is 7.29. The number of nitrogens with two attached hydrogens (primary N) is 1. The monoisotopic (exact) mass is 246 g/mol. The van der Waals surface area contributed by atoms with Gasteiger partial charge in [0.25, 0.3) is 0 Å². The van der Waals surface area contributed by atoms with Crippen LogP contribution in [0.5, 0.6) is 0 Å². The van der Waals surface area contributed by atoms with Gasteiger partial charge in [-0.2, -0.15) is 11.8 Å². The number of nitrogens with one attached hydrogen (secondary N) is 1. The van der Waals surface area contributed by atoms with Crippen LogP contribution in [0.25, 0.3) is 0 Å². The highest BCUT2D eigenvalue weighted by Crippen LogP contribution is 2.24. The first-order chi connectivity index (χ1) is 7.90. The average Bonchev–Trinajstić information content (AvgIpc) is 2.38. The minimum atomic E-state index is 0.284. The van der Waals surface area contributed by atoms with Crippen molar-refractivity contribution in [2.24, 2.45) is 11.8 Å². The summed E-state index contributed by atoms with van der Waals surface area (Å²) < 4.78 is 11.2. The second-order valence-corrected chi connectivity index (χ2v) is 5.70. The van der Waals surface area contributed by atoms with Gasteiger partial charge in [-0.1, -0.05) is 0 Å². The maximum absolute atomic E-state index is 5.78. The fraction of sp³-hybridized carbons (Fsp3) is 1.00. The van der Waals surface area contributed by atoms with Crippen molar-refractivity contribution in [3.63, 3.8) is 0 Å². The van der Waals surface area contributed by atoms with E-state index < -0.39 is 0 Å². The standard InChI is InChI=1S/C11H22N2O2S/c12-13-10(11-8-16-6-5-15-11)7-9-1-3-14-4-2-9/h9-11,13H,1-8,12H2. The molecule has 2 unspecified atom stereocenters. The molecule has 0 radical (unpaired) electrons. The van der Waals surface area contributed by atoms with Gasteiger partial charge in [0.2, 0.25) is 0 Å². The number of hydrogen-bond acceptors (Lipinski definition) is 5. The zero-order valence-electron chi connectivity index (χ0n) is 9.69. The molecule has 2 heterocycles. The van der Waals surface area contributed by atoms with Crippen LogP contribution in [-0.4, -0.2) is 43.5 Å². The Morgan fingerprint density at radius 3 is 2.75 bits per heavy atom. The zero-order valence-corrected chi connectivity index (χ0v) is 10.5. The Morgan fingerprint density at radius 1 is 1.31 bits per heavy atom. The second-order valence-electron chi connectivity index (χ2n) is 4.55. The fourth-order valence-electron chi connectivity index (χ4n) is 2.41. The average molecular weight is 246 g/mol. The van der Waals surface area contributed by atoms with Crippen LogP contribution < -0.4 is 11.3 Å². The molecule has 3 N–H and O–H groups in total. The van der Waals surface area contributed by atoms with Gasteiger partial charge >= 0.3 is 0 Å². The van der Waals surface area contributed by atoms with E-state index in [9.17, 15) is 0 Å². The first kappa shape index (κ1) is 12.6. The molecule has 0 saturated carbocycles. The highest BCUT2D eigenvalue weighted by Gasteiger charge is 2.27. The topological polar surface area (TPSA) is 56.5 Å². The van der Waals surface area contributed by atoms with Crippen LogP contribution in [0.2, 0.25) is 0 Å². The van der Waals surface area contributed by atoms with Gasteiger partial charge in [-0.15, -0.1) is 0 Å². The SMILES string of the molecule is NNC(CC1CCOCC1)C1CSCCO1. The summed E-state index contributed by atoms with van der Waals surface area (Å²) in [6, 6.07) is 0.302. The largest absolute Gasteiger partial charge is 0.381 e. The lowest BCUT2D eigenvalue weighted by Crippen LogP contribution is -2.49. The molecular formula is C11H22N2O2S. The number of hydrazine groups is 1. The Balaban J connectivity index is 1.78. The van der Waals surface area contributed by atoms with Crippen LogP contribution >= 0.6 is 11.8 Å². The van der Waals surface area contributed by atoms with Crippen molar-refractivity contribution in [2.75, 3.05) is 31.3 Å². The molecule has 2 fully saturated rings. The van der Waals surface area contributed by atoms with Gasteiger partial charge in [-0.05, 0) is 25.2 Å². The van der Waals surface area contributed by atoms with E-state index in [2.05, 4.69) is 5.43 Å². The molecule has 16 heavy (non-hydrogen) atoms. The summed E-state index contributed by atoms with van der Waals surface area (Å²) in [5, 5.41) is 0. The predicted octanol–water partition coefficient (Wildman–Crippen LogP) is 0.767. The van der Waals surface area contributed by atoms with Crippen LogP contribution in [0.3, 0.4) is 0 Å². The highest BCUT2D eigenvalue weighted by molar-refractivity contribution is 7.99. The van der Waals surface area contributed by atoms with E-state index in [-0.39, 0.29) is 6.10 Å². The summed E-state index contributed by atoms with van der Waals surface area (Å²) in [6.07, 6.45) is 3.73. The quantitative estimate of drug-likeness (QED) is 0.567. The molecule has 2 aliphatic heterocycles. The summed E-state index contributed by atoms with van der Waals surface area (Å²) in [4.78, 5) is 0. The molecule has 0 aliphatic carbocycles. The summed E-state index contributed by atoms with van der Waals surface area (Å²) in [6.45, 7) is 2.67. The van der Waals surface area contributed by atoms with Crippen LogP contribution in [0.15, 0.2) is 0 Å². The minimum absolute atomic E-state index is 0.284. The van der Waals surface area contributed by atoms with E-state index in [1.807, 2.05) is 11.8 Å². The smallest absolute Gasteiger partial charge is 0.0832 e. The maximum atomic E-state index is 5.78. The molecule has 2 atom stereocenters. The molecule has 0 amide bonds. The third-order valence-electron chi connectivity index (χ3n) is 3.43. The van der Waals surface area contributed by atoms with Gasteiger partial charge in [0.15, 0.2) is 0 Å². The van der Waals surface area contributed by atoms with Crippen LogP contribution in [0.1, 0.15) is 19.3 Å². The Hall–Kier alpha value is 0.190. The maximum Gasteiger partial charge on any atom is 0.0832 e. The van der Waals surface area contributed by atoms with Crippen molar-refractivity contribution in [3.8, 4) is 0 Å². The van der Waals surface area contributed by atoms with Crippen LogP contribution in [0.4, 0.5) is 0 Å². The summed E-state index contributed by atoms with van der Waals surface area (Å²) in [5.74, 6) is 8.57. The molecule has 5 heteroatoms. The normalized spacial score (nSPS) is 30.2. The van der Waals surface area contributed by atoms with Crippen LogP contribution in [0, 0.1) is 5.92 Å². The van der Waals surface area contributed by atoms with Crippen molar-refractivity contribution < 1.29 is 9.47 Å². The number of thioether (sulfide) groups is 1. The van der Waals surface area contributed by atoms with Gasteiger partial charge in [-0.25, -0.2) is 0 Å². The third kappa shape index (κ3) is 3.60. The van der Waals surface area contributed by atoms with Gasteiger partial charge < -0.3 is 9.47 Å². The van der Waals surface area contributed by atoms with Crippen molar-refractivity contribution in [3.05, 3.63) is 0 Å². The van der Waals surface area contributed by atoms with E-state index in [1.165, 1.54) is 0 Å². The Bertz CT molecular complexity index is 194. The summed E-state index contributed by atoms with van der Waals surface area (Å²) >= 11 is 1.96. The molecule has 2 rings (SSSR count). The Kier molecular flexibility index (Phi) is 5.38. The third-order valence-corrected chi connectivity index (χ3v) is 4.45. The van der Waals surface area contributed by atoms with Gasteiger partial charge in [0.05, 0.1) is 12.7 Å². The van der Waals surface area contributed by atoms with E-state index in [0.29, 0.717) is 6.04 Å². The van der Waals surface area contributed by atoms with E-state index in [1.54, 1.807) is 0 Å². The predicted molar refractivity (Wildman–Crippen MR) is 66.3 cm³/mol. The number of hydrogen-bond donors (Lipinski definition) is 2. The minimum Gasteiger partial charge on any atom is -0.381 e. The van der Waals surface area contributed by atoms with Crippen molar-refractivity contribution in [1.82, 2.24) is 5.43 Å². The molecule has 94 valence electrons. The second kappa shape index (κ2) is 6.81. The first-order valence-electron chi connectivity index (χ1n) is 6.13.